The molecule has 2 unspecified atom stereocenters. The highest BCUT2D eigenvalue weighted by molar-refractivity contribution is 6.36. The predicted octanol–water partition coefficient (Wildman–Crippen LogP) is 2.67. The molecule has 2 saturated heterocycles. The van der Waals surface area contributed by atoms with E-state index in [-0.39, 0.29) is 12.0 Å². The quantitative estimate of drug-likeness (QED) is 0.606. The van der Waals surface area contributed by atoms with Gasteiger partial charge in [-0.25, -0.2) is 4.98 Å². The Morgan fingerprint density at radius 3 is 2.97 bits per heavy atom. The monoisotopic (exact) mass is 449 g/mol. The van der Waals surface area contributed by atoms with Gasteiger partial charge in [0, 0.05) is 49.1 Å². The Labute approximate surface area is 193 Å². The number of carbonyl (C=O) groups is 1. The number of piperidine rings is 1. The van der Waals surface area contributed by atoms with Crippen molar-refractivity contribution in [2.24, 2.45) is 5.92 Å². The van der Waals surface area contributed by atoms with Crippen LogP contribution >= 0.6 is 11.6 Å². The number of amides is 1. The van der Waals surface area contributed by atoms with E-state index in [1.165, 1.54) is 0 Å². The fourth-order valence-electron chi connectivity index (χ4n) is 4.57. The van der Waals surface area contributed by atoms with Crippen LogP contribution in [0.3, 0.4) is 0 Å². The Kier molecular flexibility index (Phi) is 6.06. The molecule has 0 bridgehead atoms. The number of hydrogen-bond donors (Lipinski definition) is 1. The Balaban J connectivity index is 1.35. The number of nitrogens with zero attached hydrogens (tertiary/aromatic N) is 4. The number of hydrogen-bond acceptors (Lipinski definition) is 5. The minimum absolute atomic E-state index is 0.138. The van der Waals surface area contributed by atoms with E-state index in [2.05, 4.69) is 15.4 Å². The zero-order valence-electron chi connectivity index (χ0n) is 17.8. The van der Waals surface area contributed by atoms with Gasteiger partial charge in [0.25, 0.3) is 5.91 Å². The fourth-order valence-corrected chi connectivity index (χ4v) is 4.80. The molecule has 2 atom stereocenters. The predicted molar refractivity (Wildman–Crippen MR) is 126 cm³/mol. The van der Waals surface area contributed by atoms with Gasteiger partial charge >= 0.3 is 0 Å². The third-order valence-corrected chi connectivity index (χ3v) is 6.59. The lowest BCUT2D eigenvalue weighted by Gasteiger charge is -2.34. The van der Waals surface area contributed by atoms with Gasteiger partial charge in [0.2, 0.25) is 0 Å². The first-order valence-corrected chi connectivity index (χ1v) is 11.5. The molecule has 2 aliphatic rings. The van der Waals surface area contributed by atoms with E-state index >= 15 is 0 Å². The maximum Gasteiger partial charge on any atom is 0.251 e. The van der Waals surface area contributed by atoms with E-state index in [9.17, 15) is 4.79 Å². The molecular formula is C23H25BClN5O2. The van der Waals surface area contributed by atoms with E-state index in [4.69, 9.17) is 24.2 Å². The summed E-state index contributed by atoms with van der Waals surface area (Å²) in [7, 11) is 6.12. The molecule has 0 aliphatic carbocycles. The summed E-state index contributed by atoms with van der Waals surface area (Å²) in [6.07, 6.45) is 5.21. The van der Waals surface area contributed by atoms with E-state index in [0.717, 1.165) is 62.4 Å². The van der Waals surface area contributed by atoms with Crippen molar-refractivity contribution in [3.63, 3.8) is 0 Å². The van der Waals surface area contributed by atoms with Gasteiger partial charge in [-0.2, -0.15) is 9.61 Å². The molecule has 0 spiro atoms. The fraction of sp³-hybridized carbons (Fsp3) is 0.435. The summed E-state index contributed by atoms with van der Waals surface area (Å²) in [5, 5.41) is 8.54. The molecule has 5 rings (SSSR count). The average Bonchev–Trinajstić information content (AvgIpc) is 3.48. The number of rotatable bonds is 5. The van der Waals surface area contributed by atoms with Crippen molar-refractivity contribution < 1.29 is 9.53 Å². The van der Waals surface area contributed by atoms with Gasteiger partial charge in [0.15, 0.2) is 5.65 Å². The highest BCUT2D eigenvalue weighted by atomic mass is 35.5. The number of ether oxygens (including phenoxy) is 1. The van der Waals surface area contributed by atoms with Gasteiger partial charge in [-0.1, -0.05) is 29.8 Å². The van der Waals surface area contributed by atoms with Crippen LogP contribution in [0, 0.1) is 5.92 Å². The second-order valence-electron chi connectivity index (χ2n) is 8.52. The minimum Gasteiger partial charge on any atom is -0.370 e. The van der Waals surface area contributed by atoms with E-state index < -0.39 is 0 Å². The average molecular weight is 450 g/mol. The van der Waals surface area contributed by atoms with Crippen LogP contribution in [0.5, 0.6) is 0 Å². The van der Waals surface area contributed by atoms with Crippen LogP contribution in [0.15, 0.2) is 36.5 Å². The van der Waals surface area contributed by atoms with Crippen molar-refractivity contribution >= 4 is 42.3 Å². The second-order valence-corrected chi connectivity index (χ2v) is 8.92. The molecule has 164 valence electrons. The van der Waals surface area contributed by atoms with Crippen molar-refractivity contribution in [2.45, 2.75) is 31.8 Å². The lowest BCUT2D eigenvalue weighted by Crippen LogP contribution is -2.46. The first kappa shape index (κ1) is 21.3. The van der Waals surface area contributed by atoms with Gasteiger partial charge in [-0.3, -0.25) is 4.79 Å². The van der Waals surface area contributed by atoms with Crippen LogP contribution in [0.25, 0.3) is 16.9 Å². The summed E-state index contributed by atoms with van der Waals surface area (Å²) >= 11 is 6.41. The third-order valence-electron chi connectivity index (χ3n) is 6.26. The molecule has 1 N–H and O–H groups in total. The molecule has 3 aromatic rings. The largest absolute Gasteiger partial charge is 0.370 e. The Morgan fingerprint density at radius 1 is 1.28 bits per heavy atom. The number of nitrogens with one attached hydrogen (secondary N) is 1. The Bertz CT molecular complexity index is 1130. The normalized spacial score (nSPS) is 21.2. The molecule has 2 radical (unpaired) electrons. The number of benzene rings is 1. The van der Waals surface area contributed by atoms with Crippen LogP contribution in [-0.2, 0) is 9.53 Å². The topological polar surface area (TPSA) is 71.8 Å². The molecule has 2 fully saturated rings. The summed E-state index contributed by atoms with van der Waals surface area (Å²) in [6, 6.07) is 9.55. The second kappa shape index (κ2) is 9.12. The number of halogens is 1. The van der Waals surface area contributed by atoms with Crippen LogP contribution in [0.2, 0.25) is 5.02 Å². The van der Waals surface area contributed by atoms with Crippen LogP contribution in [-0.4, -0.2) is 65.6 Å². The molecular weight excluding hydrogens is 425 g/mol. The van der Waals surface area contributed by atoms with Crippen molar-refractivity contribution in [1.29, 1.82) is 0 Å². The lowest BCUT2D eigenvalue weighted by atomic mass is 9.97. The van der Waals surface area contributed by atoms with Gasteiger partial charge in [0.05, 0.1) is 5.69 Å². The lowest BCUT2D eigenvalue weighted by molar-refractivity contribution is -0.142. The Morgan fingerprint density at radius 2 is 2.16 bits per heavy atom. The number of likely N-dealkylation sites (tertiary alicyclic amines) is 1. The third kappa shape index (κ3) is 4.21. The smallest absolute Gasteiger partial charge is 0.251 e. The summed E-state index contributed by atoms with van der Waals surface area (Å²) in [5.41, 5.74) is 2.67. The molecule has 2 aliphatic heterocycles. The summed E-state index contributed by atoms with van der Waals surface area (Å²) in [6.45, 7) is 2.95. The van der Waals surface area contributed by atoms with E-state index in [1.807, 2.05) is 35.2 Å². The minimum atomic E-state index is -0.258. The first-order valence-electron chi connectivity index (χ1n) is 11.1. The summed E-state index contributed by atoms with van der Waals surface area (Å²) in [4.78, 5) is 19.4. The van der Waals surface area contributed by atoms with Gasteiger partial charge in [-0.05, 0) is 43.1 Å². The van der Waals surface area contributed by atoms with Crippen LogP contribution in [0.4, 0.5) is 5.82 Å². The molecule has 9 heteroatoms. The zero-order valence-corrected chi connectivity index (χ0v) is 18.6. The molecule has 4 heterocycles. The summed E-state index contributed by atoms with van der Waals surface area (Å²) in [5.74, 6) is 1.28. The maximum absolute atomic E-state index is 12.8. The SMILES string of the molecule is [B]c1cnn2c(NCC3CCCN(C(=O)C4CCCO4)C3)cc(-c3ccccc3Cl)nc12. The number of carbonyl (C=O) groups excluding carboxylic acids is 1. The molecule has 1 amide bonds. The van der Waals surface area contributed by atoms with Crippen LogP contribution in [0.1, 0.15) is 25.7 Å². The first-order chi connectivity index (χ1) is 15.6. The van der Waals surface area contributed by atoms with Gasteiger partial charge < -0.3 is 15.0 Å². The van der Waals surface area contributed by atoms with Crippen molar-refractivity contribution in [2.75, 3.05) is 31.6 Å². The molecule has 0 saturated carbocycles. The number of anilines is 1. The highest BCUT2D eigenvalue weighted by Crippen LogP contribution is 2.29. The number of fused-ring (bicyclic) bond motifs is 1. The standard InChI is InChI=1S/C23H25BClN5O2/c24-17-13-27-30-21(11-19(28-22(17)30)16-6-1-2-7-18(16)25)26-12-15-5-3-9-29(14-15)23(31)20-8-4-10-32-20/h1-2,6-7,11,13,15,20,26H,3-5,8-10,12,14H2. The molecule has 2 aromatic heterocycles. The van der Waals surface area contributed by atoms with Crippen molar-refractivity contribution in [3.05, 3.63) is 41.6 Å². The van der Waals surface area contributed by atoms with Crippen molar-refractivity contribution in [3.8, 4) is 11.3 Å². The van der Waals surface area contributed by atoms with E-state index in [1.54, 1.807) is 10.7 Å². The van der Waals surface area contributed by atoms with Gasteiger partial charge in [0.1, 0.15) is 19.8 Å². The Hall–Kier alpha value is -2.58. The molecule has 1 aromatic carbocycles. The zero-order chi connectivity index (χ0) is 22.1. The van der Waals surface area contributed by atoms with Crippen molar-refractivity contribution in [1.82, 2.24) is 19.5 Å². The molecule has 7 nitrogen and oxygen atoms in total. The summed E-state index contributed by atoms with van der Waals surface area (Å²) < 4.78 is 7.32. The van der Waals surface area contributed by atoms with Crippen LogP contribution < -0.4 is 10.8 Å². The molecule has 32 heavy (non-hydrogen) atoms. The number of aromatic nitrogens is 3. The maximum atomic E-state index is 12.8. The highest BCUT2D eigenvalue weighted by Gasteiger charge is 2.31. The van der Waals surface area contributed by atoms with Gasteiger partial charge in [-0.15, -0.1) is 0 Å². The van der Waals surface area contributed by atoms with E-state index in [0.29, 0.717) is 28.7 Å².